The van der Waals surface area contributed by atoms with Crippen LogP contribution in [0.3, 0.4) is 0 Å². The first-order chi connectivity index (χ1) is 9.28. The predicted octanol–water partition coefficient (Wildman–Crippen LogP) is 2.51. The average molecular weight is 268 g/mol. The number of methoxy groups -OCH3 is 1. The van der Waals surface area contributed by atoms with Crippen LogP contribution in [0.2, 0.25) is 0 Å². The van der Waals surface area contributed by atoms with Crippen LogP contribution in [0.25, 0.3) is 0 Å². The third-order valence-electron chi connectivity index (χ3n) is 5.18. The molecule has 1 N–H and O–H groups in total. The number of rotatable bonds is 6. The van der Waals surface area contributed by atoms with Gasteiger partial charge >= 0.3 is 0 Å². The van der Waals surface area contributed by atoms with E-state index in [4.69, 9.17) is 4.74 Å². The molecule has 1 heterocycles. The van der Waals surface area contributed by atoms with Gasteiger partial charge < -0.3 is 10.1 Å². The van der Waals surface area contributed by atoms with Gasteiger partial charge in [0.1, 0.15) is 0 Å². The van der Waals surface area contributed by atoms with Crippen molar-refractivity contribution in [2.24, 2.45) is 11.8 Å². The normalized spacial score (nSPS) is 36.8. The van der Waals surface area contributed by atoms with E-state index in [1.165, 1.54) is 51.6 Å². The molecule has 4 atom stereocenters. The van der Waals surface area contributed by atoms with E-state index in [0.717, 1.165) is 24.5 Å². The van der Waals surface area contributed by atoms with Crippen molar-refractivity contribution < 1.29 is 4.74 Å². The van der Waals surface area contributed by atoms with E-state index < -0.39 is 0 Å². The van der Waals surface area contributed by atoms with E-state index >= 15 is 0 Å². The third-order valence-corrected chi connectivity index (χ3v) is 5.18. The Morgan fingerprint density at radius 2 is 2.05 bits per heavy atom. The Balaban J connectivity index is 1.91. The smallest absolute Gasteiger partial charge is 0.0503 e. The zero-order valence-electron chi connectivity index (χ0n) is 13.0. The van der Waals surface area contributed by atoms with Crippen LogP contribution in [0.15, 0.2) is 0 Å². The van der Waals surface area contributed by atoms with Gasteiger partial charge in [0.25, 0.3) is 0 Å². The standard InChI is InChI=1S/C16H32N2O/c1-4-5-13-6-7-15(17-2)16(10-13)18-9-8-14(11-18)12-19-3/h13-17H,4-12H2,1-3H3. The Morgan fingerprint density at radius 1 is 1.21 bits per heavy atom. The summed E-state index contributed by atoms with van der Waals surface area (Å²) in [5.41, 5.74) is 0. The summed E-state index contributed by atoms with van der Waals surface area (Å²) in [6.45, 7) is 5.78. The lowest BCUT2D eigenvalue weighted by Gasteiger charge is -2.41. The number of likely N-dealkylation sites (N-methyl/N-ethyl adjacent to an activating group) is 1. The summed E-state index contributed by atoms with van der Waals surface area (Å²) in [4.78, 5) is 2.74. The predicted molar refractivity (Wildman–Crippen MR) is 80.4 cm³/mol. The molecule has 1 saturated carbocycles. The number of ether oxygens (including phenoxy) is 1. The lowest BCUT2D eigenvalue weighted by Crippen LogP contribution is -2.51. The molecule has 0 aromatic heterocycles. The van der Waals surface area contributed by atoms with Gasteiger partial charge in [-0.3, -0.25) is 4.90 Å². The molecule has 0 radical (unpaired) electrons. The highest BCUT2D eigenvalue weighted by molar-refractivity contribution is 4.93. The van der Waals surface area contributed by atoms with Crippen LogP contribution in [0.1, 0.15) is 45.4 Å². The molecule has 0 aromatic rings. The molecule has 3 nitrogen and oxygen atoms in total. The largest absolute Gasteiger partial charge is 0.384 e. The first-order valence-electron chi connectivity index (χ1n) is 8.18. The highest BCUT2D eigenvalue weighted by Gasteiger charge is 2.36. The van der Waals surface area contributed by atoms with Gasteiger partial charge in [0, 0.05) is 25.7 Å². The van der Waals surface area contributed by atoms with Gasteiger partial charge in [-0.05, 0) is 51.1 Å². The highest BCUT2D eigenvalue weighted by atomic mass is 16.5. The molecule has 1 saturated heterocycles. The summed E-state index contributed by atoms with van der Waals surface area (Å²) in [5.74, 6) is 1.72. The minimum Gasteiger partial charge on any atom is -0.384 e. The minimum absolute atomic E-state index is 0.703. The number of hydrogen-bond acceptors (Lipinski definition) is 3. The fraction of sp³-hybridized carbons (Fsp3) is 1.00. The van der Waals surface area contributed by atoms with Crippen molar-refractivity contribution in [3.05, 3.63) is 0 Å². The summed E-state index contributed by atoms with van der Waals surface area (Å²) in [5, 5.41) is 3.57. The van der Waals surface area contributed by atoms with Crippen molar-refractivity contribution in [3.8, 4) is 0 Å². The Bertz CT molecular complexity index is 259. The van der Waals surface area contributed by atoms with Crippen LogP contribution in [0.4, 0.5) is 0 Å². The second-order valence-electron chi connectivity index (χ2n) is 6.54. The Hall–Kier alpha value is -0.120. The van der Waals surface area contributed by atoms with Gasteiger partial charge in [-0.25, -0.2) is 0 Å². The van der Waals surface area contributed by atoms with Crippen molar-refractivity contribution in [2.45, 2.75) is 57.5 Å². The van der Waals surface area contributed by atoms with Crippen LogP contribution in [0.5, 0.6) is 0 Å². The summed E-state index contributed by atoms with van der Waals surface area (Å²) in [6.07, 6.45) is 8.26. The monoisotopic (exact) mass is 268 g/mol. The van der Waals surface area contributed by atoms with Gasteiger partial charge in [-0.1, -0.05) is 19.8 Å². The number of hydrogen-bond donors (Lipinski definition) is 1. The van der Waals surface area contributed by atoms with E-state index in [-0.39, 0.29) is 0 Å². The van der Waals surface area contributed by atoms with Crippen LogP contribution in [-0.4, -0.2) is 50.8 Å². The second-order valence-corrected chi connectivity index (χ2v) is 6.54. The van der Waals surface area contributed by atoms with Gasteiger partial charge in [-0.15, -0.1) is 0 Å². The van der Waals surface area contributed by atoms with E-state index in [9.17, 15) is 0 Å². The van der Waals surface area contributed by atoms with E-state index in [2.05, 4.69) is 24.2 Å². The molecule has 112 valence electrons. The summed E-state index contributed by atoms with van der Waals surface area (Å²) >= 11 is 0. The van der Waals surface area contributed by atoms with Crippen molar-refractivity contribution in [2.75, 3.05) is 33.9 Å². The van der Waals surface area contributed by atoms with E-state index in [1.807, 2.05) is 7.11 Å². The molecule has 0 aromatic carbocycles. The molecular weight excluding hydrogens is 236 g/mol. The first kappa shape index (κ1) is 15.3. The zero-order valence-corrected chi connectivity index (χ0v) is 13.0. The lowest BCUT2D eigenvalue weighted by molar-refractivity contribution is 0.104. The fourth-order valence-electron chi connectivity index (χ4n) is 4.18. The van der Waals surface area contributed by atoms with Crippen LogP contribution in [0, 0.1) is 11.8 Å². The number of likely N-dealkylation sites (tertiary alicyclic amines) is 1. The lowest BCUT2D eigenvalue weighted by atomic mass is 9.79. The van der Waals surface area contributed by atoms with Crippen molar-refractivity contribution in [3.63, 3.8) is 0 Å². The maximum atomic E-state index is 5.33. The van der Waals surface area contributed by atoms with Crippen LogP contribution < -0.4 is 5.32 Å². The van der Waals surface area contributed by atoms with Crippen molar-refractivity contribution >= 4 is 0 Å². The summed E-state index contributed by atoms with van der Waals surface area (Å²) in [7, 11) is 3.97. The summed E-state index contributed by atoms with van der Waals surface area (Å²) in [6, 6.07) is 1.46. The molecule has 2 rings (SSSR count). The van der Waals surface area contributed by atoms with Crippen molar-refractivity contribution in [1.82, 2.24) is 10.2 Å². The molecule has 0 bridgehead atoms. The summed E-state index contributed by atoms with van der Waals surface area (Å²) < 4.78 is 5.33. The third kappa shape index (κ3) is 3.93. The van der Waals surface area contributed by atoms with Gasteiger partial charge in [0.15, 0.2) is 0 Å². The quantitative estimate of drug-likeness (QED) is 0.801. The van der Waals surface area contributed by atoms with E-state index in [1.54, 1.807) is 0 Å². The highest BCUT2D eigenvalue weighted by Crippen LogP contribution is 2.33. The Kier molecular flexibility index (Phi) is 6.11. The molecule has 2 aliphatic rings. The fourth-order valence-corrected chi connectivity index (χ4v) is 4.18. The molecule has 0 spiro atoms. The second kappa shape index (κ2) is 7.61. The first-order valence-corrected chi connectivity index (χ1v) is 8.18. The van der Waals surface area contributed by atoms with Crippen LogP contribution in [-0.2, 0) is 4.74 Å². The van der Waals surface area contributed by atoms with Gasteiger partial charge in [0.2, 0.25) is 0 Å². The molecule has 1 aliphatic heterocycles. The van der Waals surface area contributed by atoms with Gasteiger partial charge in [-0.2, -0.15) is 0 Å². The topological polar surface area (TPSA) is 24.5 Å². The SMILES string of the molecule is CCCC1CCC(NC)C(N2CCC(COC)C2)C1. The van der Waals surface area contributed by atoms with Crippen molar-refractivity contribution in [1.29, 1.82) is 0 Å². The zero-order chi connectivity index (χ0) is 13.7. The Labute approximate surface area is 119 Å². The number of nitrogens with zero attached hydrogens (tertiary/aromatic N) is 1. The maximum Gasteiger partial charge on any atom is 0.0503 e. The minimum atomic E-state index is 0.703. The van der Waals surface area contributed by atoms with E-state index in [0.29, 0.717) is 6.04 Å². The number of nitrogens with one attached hydrogen (secondary N) is 1. The molecule has 2 fully saturated rings. The molecule has 4 unspecified atom stereocenters. The Morgan fingerprint density at radius 3 is 2.74 bits per heavy atom. The molecule has 3 heteroatoms. The molecule has 1 aliphatic carbocycles. The molecule has 0 amide bonds. The van der Waals surface area contributed by atoms with Gasteiger partial charge in [0.05, 0.1) is 6.61 Å². The molecule has 19 heavy (non-hydrogen) atoms. The maximum absolute atomic E-state index is 5.33. The van der Waals surface area contributed by atoms with Crippen LogP contribution >= 0.6 is 0 Å². The average Bonchev–Trinajstić information content (AvgIpc) is 2.88. The molecular formula is C16H32N2O.